The van der Waals surface area contributed by atoms with Gasteiger partial charge in [0, 0.05) is 13.0 Å². The summed E-state index contributed by atoms with van der Waals surface area (Å²) in [7, 11) is 0. The molecular formula is C19H16F3NO4. The van der Waals surface area contributed by atoms with Gasteiger partial charge in [0.2, 0.25) is 0 Å². The van der Waals surface area contributed by atoms with Crippen molar-refractivity contribution in [1.29, 1.82) is 0 Å². The molecule has 2 aromatic rings. The zero-order chi connectivity index (χ0) is 19.4. The number of esters is 1. The number of alkyl halides is 3. The maximum Gasteiger partial charge on any atom is 0.422 e. The predicted octanol–water partition coefficient (Wildman–Crippen LogP) is 3.03. The molecule has 0 saturated carbocycles. The number of ether oxygens (including phenoxy) is 2. The van der Waals surface area contributed by atoms with Crippen LogP contribution in [-0.4, -0.2) is 30.8 Å². The molecule has 0 saturated heterocycles. The minimum absolute atomic E-state index is 0.0835. The Hall–Kier alpha value is -3.03. The monoisotopic (exact) mass is 379 g/mol. The number of rotatable bonds is 5. The standard InChI is InChI=1S/C19H16F3NO4/c20-19(21,22)11-26-14-7-5-12(6-8-14)10-23-17(24)16-9-13-3-1-2-4-15(13)18(25)27-16/h1-8,16H,9-11H2,(H,23,24). The molecule has 3 rings (SSSR count). The van der Waals surface area contributed by atoms with Crippen molar-refractivity contribution in [3.8, 4) is 5.75 Å². The highest BCUT2D eigenvalue weighted by Gasteiger charge is 2.31. The van der Waals surface area contributed by atoms with Crippen LogP contribution in [0.15, 0.2) is 48.5 Å². The van der Waals surface area contributed by atoms with E-state index in [1.54, 1.807) is 36.4 Å². The average Bonchev–Trinajstić information content (AvgIpc) is 2.64. The summed E-state index contributed by atoms with van der Waals surface area (Å²) in [4.78, 5) is 24.2. The van der Waals surface area contributed by atoms with Gasteiger partial charge in [0.1, 0.15) is 5.75 Å². The van der Waals surface area contributed by atoms with Gasteiger partial charge >= 0.3 is 12.1 Å². The highest BCUT2D eigenvalue weighted by atomic mass is 19.4. The van der Waals surface area contributed by atoms with E-state index in [-0.39, 0.29) is 18.7 Å². The highest BCUT2D eigenvalue weighted by molar-refractivity contribution is 5.95. The van der Waals surface area contributed by atoms with Crippen LogP contribution >= 0.6 is 0 Å². The summed E-state index contributed by atoms with van der Waals surface area (Å²) in [6, 6.07) is 12.8. The van der Waals surface area contributed by atoms with Crippen LogP contribution in [0, 0.1) is 0 Å². The lowest BCUT2D eigenvalue weighted by Crippen LogP contribution is -2.41. The molecular weight excluding hydrogens is 363 g/mol. The number of halogens is 3. The molecule has 27 heavy (non-hydrogen) atoms. The number of cyclic esters (lactones) is 1. The van der Waals surface area contributed by atoms with Crippen molar-refractivity contribution in [3.63, 3.8) is 0 Å². The first kappa shape index (κ1) is 18.8. The minimum Gasteiger partial charge on any atom is -0.484 e. The van der Waals surface area contributed by atoms with Crippen molar-refractivity contribution < 1.29 is 32.2 Å². The van der Waals surface area contributed by atoms with E-state index >= 15 is 0 Å². The Balaban J connectivity index is 1.53. The van der Waals surface area contributed by atoms with Crippen molar-refractivity contribution in [3.05, 3.63) is 65.2 Å². The predicted molar refractivity (Wildman–Crippen MR) is 89.2 cm³/mol. The Kier molecular flexibility index (Phi) is 5.34. The van der Waals surface area contributed by atoms with Crippen LogP contribution in [0.5, 0.6) is 5.75 Å². The number of hydrogen-bond donors (Lipinski definition) is 1. The van der Waals surface area contributed by atoms with Crippen molar-refractivity contribution in [2.75, 3.05) is 6.61 Å². The lowest BCUT2D eigenvalue weighted by molar-refractivity contribution is -0.153. The Morgan fingerprint density at radius 2 is 1.85 bits per heavy atom. The second kappa shape index (κ2) is 7.69. The van der Waals surface area contributed by atoms with E-state index in [1.165, 1.54) is 12.1 Å². The van der Waals surface area contributed by atoms with E-state index < -0.39 is 30.8 Å². The smallest absolute Gasteiger partial charge is 0.422 e. The SMILES string of the molecule is O=C1OC(C(=O)NCc2ccc(OCC(F)(F)F)cc2)Cc2ccccc21. The first-order chi connectivity index (χ1) is 12.8. The zero-order valence-corrected chi connectivity index (χ0v) is 14.1. The van der Waals surface area contributed by atoms with E-state index in [4.69, 9.17) is 4.74 Å². The van der Waals surface area contributed by atoms with Gasteiger partial charge in [0.05, 0.1) is 5.56 Å². The number of carbonyl (C=O) groups is 2. The topological polar surface area (TPSA) is 64.6 Å². The summed E-state index contributed by atoms with van der Waals surface area (Å²) >= 11 is 0. The molecule has 1 N–H and O–H groups in total. The van der Waals surface area contributed by atoms with E-state index in [9.17, 15) is 22.8 Å². The maximum absolute atomic E-state index is 12.3. The van der Waals surface area contributed by atoms with Gasteiger partial charge in [-0.15, -0.1) is 0 Å². The lowest BCUT2D eigenvalue weighted by Gasteiger charge is -2.23. The van der Waals surface area contributed by atoms with Gasteiger partial charge in [-0.05, 0) is 29.3 Å². The van der Waals surface area contributed by atoms with Crippen molar-refractivity contribution in [2.24, 2.45) is 0 Å². The molecule has 0 radical (unpaired) electrons. The van der Waals surface area contributed by atoms with Crippen LogP contribution in [0.4, 0.5) is 13.2 Å². The van der Waals surface area contributed by atoms with Gasteiger partial charge in [-0.3, -0.25) is 4.79 Å². The first-order valence-corrected chi connectivity index (χ1v) is 8.17. The Bertz CT molecular complexity index is 834. The van der Waals surface area contributed by atoms with Gasteiger partial charge in [-0.2, -0.15) is 13.2 Å². The molecule has 1 unspecified atom stereocenters. The van der Waals surface area contributed by atoms with Crippen LogP contribution in [0.3, 0.4) is 0 Å². The number of carbonyl (C=O) groups excluding carboxylic acids is 2. The van der Waals surface area contributed by atoms with Crippen molar-refractivity contribution in [2.45, 2.75) is 25.2 Å². The Labute approximate surface area is 153 Å². The van der Waals surface area contributed by atoms with E-state index in [1.807, 2.05) is 0 Å². The molecule has 142 valence electrons. The number of hydrogen-bond acceptors (Lipinski definition) is 4. The fraction of sp³-hybridized carbons (Fsp3) is 0.263. The first-order valence-electron chi connectivity index (χ1n) is 8.17. The average molecular weight is 379 g/mol. The molecule has 1 amide bonds. The van der Waals surface area contributed by atoms with Crippen LogP contribution in [0.1, 0.15) is 21.5 Å². The van der Waals surface area contributed by atoms with E-state index in [0.29, 0.717) is 11.1 Å². The van der Waals surface area contributed by atoms with E-state index in [2.05, 4.69) is 10.1 Å². The van der Waals surface area contributed by atoms with Gasteiger partial charge in [0.25, 0.3) is 5.91 Å². The third-order valence-corrected chi connectivity index (χ3v) is 3.98. The third kappa shape index (κ3) is 4.99. The van der Waals surface area contributed by atoms with Crippen molar-refractivity contribution in [1.82, 2.24) is 5.32 Å². The summed E-state index contributed by atoms with van der Waals surface area (Å²) in [5, 5.41) is 2.66. The van der Waals surface area contributed by atoms with Gasteiger partial charge in [0.15, 0.2) is 12.7 Å². The van der Waals surface area contributed by atoms with Gasteiger partial charge in [-0.25, -0.2) is 4.79 Å². The number of fused-ring (bicyclic) bond motifs is 1. The van der Waals surface area contributed by atoms with E-state index in [0.717, 1.165) is 5.56 Å². The zero-order valence-electron chi connectivity index (χ0n) is 14.1. The molecule has 1 aliphatic heterocycles. The number of nitrogens with one attached hydrogen (secondary N) is 1. The lowest BCUT2D eigenvalue weighted by atomic mass is 9.98. The Morgan fingerprint density at radius 3 is 2.56 bits per heavy atom. The molecule has 2 aromatic carbocycles. The fourth-order valence-corrected chi connectivity index (χ4v) is 2.65. The third-order valence-electron chi connectivity index (χ3n) is 3.98. The van der Waals surface area contributed by atoms with Crippen LogP contribution in [-0.2, 0) is 22.5 Å². The largest absolute Gasteiger partial charge is 0.484 e. The normalized spacial score (nSPS) is 16.3. The summed E-state index contributed by atoms with van der Waals surface area (Å²) in [6.45, 7) is -1.22. The summed E-state index contributed by atoms with van der Waals surface area (Å²) in [6.07, 6.45) is -5.03. The second-order valence-electron chi connectivity index (χ2n) is 6.02. The molecule has 0 aromatic heterocycles. The van der Waals surface area contributed by atoms with Crippen LogP contribution < -0.4 is 10.1 Å². The summed E-state index contributed by atoms with van der Waals surface area (Å²) in [5.74, 6) is -0.890. The quantitative estimate of drug-likeness (QED) is 0.812. The van der Waals surface area contributed by atoms with Gasteiger partial charge < -0.3 is 14.8 Å². The molecule has 0 aliphatic carbocycles. The van der Waals surface area contributed by atoms with Crippen LogP contribution in [0.25, 0.3) is 0 Å². The van der Waals surface area contributed by atoms with Crippen LogP contribution in [0.2, 0.25) is 0 Å². The molecule has 0 bridgehead atoms. The molecule has 1 aliphatic rings. The van der Waals surface area contributed by atoms with Crippen molar-refractivity contribution >= 4 is 11.9 Å². The maximum atomic E-state index is 12.3. The molecule has 1 atom stereocenters. The highest BCUT2D eigenvalue weighted by Crippen LogP contribution is 2.21. The minimum atomic E-state index is -4.40. The summed E-state index contributed by atoms with van der Waals surface area (Å²) in [5.41, 5.74) is 1.88. The fourth-order valence-electron chi connectivity index (χ4n) is 2.65. The molecule has 5 nitrogen and oxygen atoms in total. The second-order valence-corrected chi connectivity index (χ2v) is 6.02. The molecule has 1 heterocycles. The molecule has 8 heteroatoms. The molecule has 0 spiro atoms. The summed E-state index contributed by atoms with van der Waals surface area (Å²) < 4.78 is 46.1. The molecule has 0 fully saturated rings. The van der Waals surface area contributed by atoms with Gasteiger partial charge in [-0.1, -0.05) is 30.3 Å². The number of benzene rings is 2. The Morgan fingerprint density at radius 1 is 1.15 bits per heavy atom. The number of amides is 1.